The molecule has 1 unspecified atom stereocenters. The molecule has 0 aromatic heterocycles. The van der Waals surface area contributed by atoms with Crippen molar-refractivity contribution in [3.8, 4) is 0 Å². The van der Waals surface area contributed by atoms with E-state index in [2.05, 4.69) is 34.6 Å². The molecule has 0 aliphatic rings. The van der Waals surface area contributed by atoms with Crippen molar-refractivity contribution < 1.29 is 9.53 Å². The molecule has 0 aliphatic heterocycles. The number of unbranched alkanes of at least 4 members (excludes halogenated alkanes) is 4. The van der Waals surface area contributed by atoms with E-state index in [1.54, 1.807) is 0 Å². The molecule has 3 N–H and O–H groups in total. The van der Waals surface area contributed by atoms with Crippen molar-refractivity contribution in [2.45, 2.75) is 112 Å². The van der Waals surface area contributed by atoms with Gasteiger partial charge in [-0.05, 0) is 37.0 Å². The van der Waals surface area contributed by atoms with Gasteiger partial charge >= 0.3 is 5.97 Å². The van der Waals surface area contributed by atoms with Gasteiger partial charge in [-0.25, -0.2) is 0 Å². The highest BCUT2D eigenvalue weighted by molar-refractivity contribution is 5.69. The number of carbonyl (C=O) groups excluding carboxylic acids is 1. The molecular formula is C21H45NO2. The van der Waals surface area contributed by atoms with Crippen LogP contribution in [-0.2, 0) is 9.53 Å². The number of hydrogen-bond donors (Lipinski definition) is 1. The van der Waals surface area contributed by atoms with Gasteiger partial charge in [0.1, 0.15) is 0 Å². The molecule has 3 nitrogen and oxygen atoms in total. The summed E-state index contributed by atoms with van der Waals surface area (Å²) in [7, 11) is 0. The minimum absolute atomic E-state index is 0. The van der Waals surface area contributed by atoms with Gasteiger partial charge in [-0.15, -0.1) is 0 Å². The van der Waals surface area contributed by atoms with E-state index in [9.17, 15) is 4.79 Å². The van der Waals surface area contributed by atoms with Crippen LogP contribution in [0.15, 0.2) is 0 Å². The molecule has 146 valence electrons. The zero-order valence-corrected chi connectivity index (χ0v) is 17.3. The van der Waals surface area contributed by atoms with Crippen LogP contribution in [0.5, 0.6) is 0 Å². The number of hydrogen-bond acceptors (Lipinski definition) is 3. The van der Waals surface area contributed by atoms with Crippen molar-refractivity contribution in [1.82, 2.24) is 6.15 Å². The number of carbonyl (C=O) groups is 1. The van der Waals surface area contributed by atoms with Crippen molar-refractivity contribution in [1.29, 1.82) is 0 Å². The SMILES string of the molecule is CCCCOC(=O)CC(C)C(CCCC)(CCCC)CCCC.N. The average Bonchev–Trinajstić information content (AvgIpc) is 2.54. The average molecular weight is 344 g/mol. The maximum Gasteiger partial charge on any atom is 0.306 e. The molecular weight excluding hydrogens is 298 g/mol. The summed E-state index contributed by atoms with van der Waals surface area (Å²) in [6.45, 7) is 11.8. The van der Waals surface area contributed by atoms with Crippen LogP contribution in [0.1, 0.15) is 112 Å². The Bertz CT molecular complexity index is 270. The molecule has 0 aliphatic carbocycles. The standard InChI is InChI=1S/C21H42O2.H3N/c1-6-10-14-21(15-11-7-2,16-12-8-3)19(5)18-20(22)23-17-13-9-4;/h19H,6-18H2,1-5H3;1H3. The zero-order valence-electron chi connectivity index (χ0n) is 17.3. The highest BCUT2D eigenvalue weighted by atomic mass is 16.5. The van der Waals surface area contributed by atoms with Crippen LogP contribution in [-0.4, -0.2) is 12.6 Å². The van der Waals surface area contributed by atoms with E-state index in [1.165, 1.54) is 57.8 Å². The second-order valence-electron chi connectivity index (χ2n) is 7.35. The Kier molecular flexibility index (Phi) is 17.0. The summed E-state index contributed by atoms with van der Waals surface area (Å²) in [6, 6.07) is 0. The lowest BCUT2D eigenvalue weighted by Crippen LogP contribution is -2.31. The van der Waals surface area contributed by atoms with Gasteiger partial charge < -0.3 is 10.9 Å². The van der Waals surface area contributed by atoms with E-state index in [1.807, 2.05) is 0 Å². The molecule has 0 bridgehead atoms. The Hall–Kier alpha value is -0.570. The van der Waals surface area contributed by atoms with E-state index in [-0.39, 0.29) is 12.1 Å². The topological polar surface area (TPSA) is 61.3 Å². The number of ether oxygens (including phenoxy) is 1. The predicted octanol–water partition coefficient (Wildman–Crippen LogP) is 7.07. The predicted molar refractivity (Wildman–Crippen MR) is 106 cm³/mol. The molecule has 0 saturated heterocycles. The summed E-state index contributed by atoms with van der Waals surface area (Å²) >= 11 is 0. The maximum atomic E-state index is 12.2. The summed E-state index contributed by atoms with van der Waals surface area (Å²) in [5.74, 6) is 0.445. The number of rotatable bonds is 15. The van der Waals surface area contributed by atoms with E-state index < -0.39 is 0 Å². The Morgan fingerprint density at radius 1 is 0.833 bits per heavy atom. The van der Waals surface area contributed by atoms with Crippen LogP contribution in [0.4, 0.5) is 0 Å². The monoisotopic (exact) mass is 343 g/mol. The quantitative estimate of drug-likeness (QED) is 0.255. The van der Waals surface area contributed by atoms with Crippen LogP contribution < -0.4 is 6.15 Å². The first-order chi connectivity index (χ1) is 11.1. The molecule has 24 heavy (non-hydrogen) atoms. The normalized spacial score (nSPS) is 12.5. The summed E-state index contributed by atoms with van der Waals surface area (Å²) in [4.78, 5) is 12.2. The second kappa shape index (κ2) is 15.9. The van der Waals surface area contributed by atoms with Crippen molar-refractivity contribution >= 4 is 5.97 Å². The van der Waals surface area contributed by atoms with E-state index in [4.69, 9.17) is 4.74 Å². The molecule has 0 saturated carbocycles. The first-order valence-electron chi connectivity index (χ1n) is 10.2. The van der Waals surface area contributed by atoms with Crippen molar-refractivity contribution in [2.24, 2.45) is 11.3 Å². The van der Waals surface area contributed by atoms with Gasteiger partial charge in [-0.3, -0.25) is 4.79 Å². The fraction of sp³-hybridized carbons (Fsp3) is 0.952. The number of esters is 1. The lowest BCUT2D eigenvalue weighted by molar-refractivity contribution is -0.146. The van der Waals surface area contributed by atoms with E-state index >= 15 is 0 Å². The third-order valence-corrected chi connectivity index (χ3v) is 5.36. The Morgan fingerprint density at radius 3 is 1.62 bits per heavy atom. The van der Waals surface area contributed by atoms with Crippen LogP contribution in [0.25, 0.3) is 0 Å². The lowest BCUT2D eigenvalue weighted by Gasteiger charge is -2.40. The van der Waals surface area contributed by atoms with Crippen LogP contribution in [0, 0.1) is 11.3 Å². The summed E-state index contributed by atoms with van der Waals surface area (Å²) in [5.41, 5.74) is 0.339. The molecule has 0 amide bonds. The largest absolute Gasteiger partial charge is 0.466 e. The third kappa shape index (κ3) is 10.3. The minimum Gasteiger partial charge on any atom is -0.466 e. The van der Waals surface area contributed by atoms with Crippen LogP contribution in [0.2, 0.25) is 0 Å². The zero-order chi connectivity index (χ0) is 17.6. The Balaban J connectivity index is 0. The Morgan fingerprint density at radius 2 is 1.25 bits per heavy atom. The molecule has 0 aromatic rings. The highest BCUT2D eigenvalue weighted by Gasteiger charge is 2.35. The van der Waals surface area contributed by atoms with Crippen LogP contribution in [0.3, 0.4) is 0 Å². The summed E-state index contributed by atoms with van der Waals surface area (Å²) in [6.07, 6.45) is 14.0. The van der Waals surface area contributed by atoms with Crippen molar-refractivity contribution in [3.63, 3.8) is 0 Å². The molecule has 0 spiro atoms. The van der Waals surface area contributed by atoms with Gasteiger partial charge in [-0.1, -0.05) is 79.6 Å². The molecule has 3 heteroatoms. The van der Waals surface area contributed by atoms with Gasteiger partial charge in [0.15, 0.2) is 0 Å². The minimum atomic E-state index is 0. The van der Waals surface area contributed by atoms with Crippen LogP contribution >= 0.6 is 0 Å². The van der Waals surface area contributed by atoms with Crippen molar-refractivity contribution in [2.75, 3.05) is 6.61 Å². The third-order valence-electron chi connectivity index (χ3n) is 5.36. The van der Waals surface area contributed by atoms with Gasteiger partial charge in [0.05, 0.1) is 6.61 Å². The van der Waals surface area contributed by atoms with E-state index in [0.717, 1.165) is 12.8 Å². The van der Waals surface area contributed by atoms with Gasteiger partial charge in [-0.2, -0.15) is 0 Å². The molecule has 0 fully saturated rings. The summed E-state index contributed by atoms with van der Waals surface area (Å²) < 4.78 is 5.42. The maximum absolute atomic E-state index is 12.2. The van der Waals surface area contributed by atoms with Crippen molar-refractivity contribution in [3.05, 3.63) is 0 Å². The van der Waals surface area contributed by atoms with E-state index in [0.29, 0.717) is 24.4 Å². The summed E-state index contributed by atoms with van der Waals surface area (Å²) in [5, 5.41) is 0. The van der Waals surface area contributed by atoms with Gasteiger partial charge in [0, 0.05) is 6.42 Å². The highest BCUT2D eigenvalue weighted by Crippen LogP contribution is 2.44. The molecule has 1 atom stereocenters. The smallest absolute Gasteiger partial charge is 0.306 e. The molecule has 0 heterocycles. The Labute approximate surface area is 151 Å². The second-order valence-corrected chi connectivity index (χ2v) is 7.35. The molecule has 0 radical (unpaired) electrons. The molecule has 0 rings (SSSR count). The first-order valence-corrected chi connectivity index (χ1v) is 10.2. The fourth-order valence-corrected chi connectivity index (χ4v) is 3.56. The molecule has 0 aromatic carbocycles. The lowest BCUT2D eigenvalue weighted by atomic mass is 9.65. The first kappa shape index (κ1) is 25.7. The van der Waals surface area contributed by atoms with Gasteiger partial charge in [0.2, 0.25) is 0 Å². The van der Waals surface area contributed by atoms with Gasteiger partial charge in [0.25, 0.3) is 0 Å². The fourth-order valence-electron chi connectivity index (χ4n) is 3.56.